The third kappa shape index (κ3) is 8.72. The van der Waals surface area contributed by atoms with Crippen molar-refractivity contribution in [2.75, 3.05) is 17.6 Å². The van der Waals surface area contributed by atoms with Crippen LogP contribution in [0.25, 0.3) is 6.08 Å². The van der Waals surface area contributed by atoms with Gasteiger partial charge < -0.3 is 10.1 Å². The monoisotopic (exact) mass is 489 g/mol. The SMILES string of the molecule is CCCCOc1nc(C(F)(F)F)ccc1/C=C/C(=O)NCc1ccc(NS(C)(=O)=O)c(F)c1. The van der Waals surface area contributed by atoms with E-state index in [-0.39, 0.29) is 30.3 Å². The van der Waals surface area contributed by atoms with E-state index in [1.807, 2.05) is 11.6 Å². The fourth-order valence-corrected chi connectivity index (χ4v) is 3.09. The number of pyridine rings is 1. The molecule has 0 aliphatic heterocycles. The number of hydrogen-bond acceptors (Lipinski definition) is 5. The minimum atomic E-state index is -4.63. The van der Waals surface area contributed by atoms with Crippen LogP contribution in [0.1, 0.15) is 36.6 Å². The third-order valence-corrected chi connectivity index (χ3v) is 4.72. The smallest absolute Gasteiger partial charge is 0.433 e. The Kier molecular flexibility index (Phi) is 8.80. The number of ether oxygens (including phenoxy) is 1. The predicted molar refractivity (Wildman–Crippen MR) is 115 cm³/mol. The zero-order valence-corrected chi connectivity index (χ0v) is 18.7. The molecule has 0 aliphatic rings. The predicted octanol–water partition coefficient (Wildman–Crippen LogP) is 4.12. The molecule has 7 nitrogen and oxygen atoms in total. The van der Waals surface area contributed by atoms with Crippen molar-refractivity contribution in [3.05, 3.63) is 59.0 Å². The van der Waals surface area contributed by atoms with Crippen molar-refractivity contribution in [2.45, 2.75) is 32.5 Å². The first kappa shape index (κ1) is 26.1. The number of carbonyl (C=O) groups is 1. The maximum atomic E-state index is 14.0. The highest BCUT2D eigenvalue weighted by atomic mass is 32.2. The summed E-state index contributed by atoms with van der Waals surface area (Å²) in [4.78, 5) is 15.6. The van der Waals surface area contributed by atoms with Crippen molar-refractivity contribution in [1.29, 1.82) is 0 Å². The third-order valence-electron chi connectivity index (χ3n) is 4.13. The molecule has 1 aromatic heterocycles. The van der Waals surface area contributed by atoms with Crippen LogP contribution in [0.2, 0.25) is 0 Å². The summed E-state index contributed by atoms with van der Waals surface area (Å²) in [5, 5.41) is 2.50. The summed E-state index contributed by atoms with van der Waals surface area (Å²) in [6.45, 7) is 2.01. The van der Waals surface area contributed by atoms with Gasteiger partial charge in [-0.05, 0) is 42.3 Å². The van der Waals surface area contributed by atoms with E-state index in [1.54, 1.807) is 0 Å². The minimum Gasteiger partial charge on any atom is -0.477 e. The highest BCUT2D eigenvalue weighted by Crippen LogP contribution is 2.30. The summed E-state index contributed by atoms with van der Waals surface area (Å²) in [6, 6.07) is 5.67. The van der Waals surface area contributed by atoms with E-state index >= 15 is 0 Å². The van der Waals surface area contributed by atoms with Gasteiger partial charge in [0.2, 0.25) is 21.8 Å². The Balaban J connectivity index is 2.06. The second-order valence-corrected chi connectivity index (χ2v) is 8.78. The number of hydrogen-bond donors (Lipinski definition) is 2. The maximum absolute atomic E-state index is 14.0. The van der Waals surface area contributed by atoms with Crippen molar-refractivity contribution in [1.82, 2.24) is 10.3 Å². The van der Waals surface area contributed by atoms with Gasteiger partial charge in [0.15, 0.2) is 0 Å². The lowest BCUT2D eigenvalue weighted by atomic mass is 10.2. The molecule has 1 aromatic carbocycles. The molecule has 180 valence electrons. The van der Waals surface area contributed by atoms with Crippen LogP contribution in [-0.4, -0.2) is 32.2 Å². The summed E-state index contributed by atoms with van der Waals surface area (Å²) >= 11 is 0. The van der Waals surface area contributed by atoms with E-state index in [4.69, 9.17) is 4.74 Å². The molecule has 12 heteroatoms. The van der Waals surface area contributed by atoms with Gasteiger partial charge in [0.1, 0.15) is 11.5 Å². The largest absolute Gasteiger partial charge is 0.477 e. The van der Waals surface area contributed by atoms with Crippen LogP contribution in [0, 0.1) is 5.82 Å². The summed E-state index contributed by atoms with van der Waals surface area (Å²) in [7, 11) is -3.64. The highest BCUT2D eigenvalue weighted by molar-refractivity contribution is 7.92. The average Bonchev–Trinajstić information content (AvgIpc) is 2.71. The maximum Gasteiger partial charge on any atom is 0.433 e. The summed E-state index contributed by atoms with van der Waals surface area (Å²) < 4.78 is 82.6. The number of benzene rings is 1. The van der Waals surface area contributed by atoms with E-state index in [1.165, 1.54) is 18.2 Å². The summed E-state index contributed by atoms with van der Waals surface area (Å²) in [5.41, 5.74) is -0.770. The van der Waals surface area contributed by atoms with Crippen LogP contribution >= 0.6 is 0 Å². The molecule has 0 fully saturated rings. The molecule has 0 aliphatic carbocycles. The number of nitrogens with one attached hydrogen (secondary N) is 2. The lowest BCUT2D eigenvalue weighted by molar-refractivity contribution is -0.141. The number of alkyl halides is 3. The number of rotatable bonds is 10. The van der Waals surface area contributed by atoms with Crippen molar-refractivity contribution in [3.63, 3.8) is 0 Å². The number of nitrogens with zero attached hydrogens (tertiary/aromatic N) is 1. The molecule has 0 atom stereocenters. The van der Waals surface area contributed by atoms with Gasteiger partial charge in [-0.3, -0.25) is 9.52 Å². The van der Waals surface area contributed by atoms with Crippen LogP contribution in [0.4, 0.5) is 23.2 Å². The molecular formula is C21H23F4N3O4S. The van der Waals surface area contributed by atoms with Gasteiger partial charge in [0.05, 0.1) is 18.6 Å². The van der Waals surface area contributed by atoms with E-state index in [0.717, 1.165) is 37.0 Å². The molecule has 2 N–H and O–H groups in total. The van der Waals surface area contributed by atoms with Crippen LogP contribution in [0.15, 0.2) is 36.4 Å². The molecule has 2 aromatic rings. The van der Waals surface area contributed by atoms with Crippen LogP contribution in [0.3, 0.4) is 0 Å². The Morgan fingerprint density at radius 2 is 1.94 bits per heavy atom. The first-order chi connectivity index (χ1) is 15.4. The number of halogens is 4. The lowest BCUT2D eigenvalue weighted by Crippen LogP contribution is -2.20. The standard InChI is InChI=1S/C21H23F4N3O4S/c1-3-4-11-32-20-15(6-9-18(27-20)21(23,24)25)7-10-19(29)26-13-14-5-8-17(16(22)12-14)28-33(2,30)31/h5-10,12,28H,3-4,11,13H2,1-2H3,(H,26,29)/b10-7+. The first-order valence-corrected chi connectivity index (χ1v) is 11.7. The molecule has 0 spiro atoms. The van der Waals surface area contributed by atoms with E-state index in [9.17, 15) is 30.8 Å². The van der Waals surface area contributed by atoms with E-state index in [0.29, 0.717) is 12.0 Å². The molecule has 0 saturated carbocycles. The fourth-order valence-electron chi connectivity index (χ4n) is 2.53. The summed E-state index contributed by atoms with van der Waals surface area (Å²) in [6.07, 6.45) is 0.00885. The van der Waals surface area contributed by atoms with Crippen LogP contribution in [0.5, 0.6) is 5.88 Å². The van der Waals surface area contributed by atoms with Crippen molar-refractivity contribution in [3.8, 4) is 5.88 Å². The van der Waals surface area contributed by atoms with Gasteiger partial charge in [-0.2, -0.15) is 13.2 Å². The van der Waals surface area contributed by atoms with Gasteiger partial charge in [-0.25, -0.2) is 17.8 Å². The second-order valence-electron chi connectivity index (χ2n) is 7.03. The second kappa shape index (κ2) is 11.1. The molecule has 1 amide bonds. The quantitative estimate of drug-likeness (QED) is 0.297. The van der Waals surface area contributed by atoms with Gasteiger partial charge in [-0.15, -0.1) is 0 Å². The Labute approximate surface area is 188 Å². The lowest BCUT2D eigenvalue weighted by Gasteiger charge is -2.11. The van der Waals surface area contributed by atoms with E-state index < -0.39 is 33.6 Å². The molecule has 1 heterocycles. The minimum absolute atomic E-state index is 0.0651. The first-order valence-electron chi connectivity index (χ1n) is 9.82. The number of amides is 1. The number of unbranched alkanes of at least 4 members (excludes halogenated alkanes) is 1. The fraction of sp³-hybridized carbons (Fsp3) is 0.333. The summed E-state index contributed by atoms with van der Waals surface area (Å²) in [5.74, 6) is -1.64. The van der Waals surface area contributed by atoms with Gasteiger partial charge >= 0.3 is 6.18 Å². The number of aromatic nitrogens is 1. The Bertz CT molecular complexity index is 1120. The van der Waals surface area contributed by atoms with E-state index in [2.05, 4.69) is 10.3 Å². The number of anilines is 1. The topological polar surface area (TPSA) is 97.4 Å². The van der Waals surface area contributed by atoms with Crippen molar-refractivity contribution in [2.24, 2.45) is 0 Å². The number of sulfonamides is 1. The molecule has 33 heavy (non-hydrogen) atoms. The molecule has 0 saturated heterocycles. The molecule has 0 bridgehead atoms. The zero-order chi connectivity index (χ0) is 24.6. The number of carbonyl (C=O) groups excluding carboxylic acids is 1. The van der Waals surface area contributed by atoms with Crippen molar-refractivity contribution < 1.29 is 35.5 Å². The molecule has 0 unspecified atom stereocenters. The van der Waals surface area contributed by atoms with Gasteiger partial charge in [0.25, 0.3) is 0 Å². The van der Waals surface area contributed by atoms with Gasteiger partial charge in [0, 0.05) is 18.2 Å². The van der Waals surface area contributed by atoms with Crippen molar-refractivity contribution >= 4 is 27.7 Å². The Morgan fingerprint density at radius 3 is 2.55 bits per heavy atom. The van der Waals surface area contributed by atoms with Crippen LogP contribution < -0.4 is 14.8 Å². The molecule has 2 rings (SSSR count). The molecular weight excluding hydrogens is 466 g/mol. The Morgan fingerprint density at radius 1 is 1.21 bits per heavy atom. The highest BCUT2D eigenvalue weighted by Gasteiger charge is 2.33. The zero-order valence-electron chi connectivity index (χ0n) is 17.9. The molecule has 0 radical (unpaired) electrons. The van der Waals surface area contributed by atoms with Gasteiger partial charge in [-0.1, -0.05) is 19.4 Å². The normalized spacial score (nSPS) is 12.1. The Hall–Kier alpha value is -3.15. The average molecular weight is 489 g/mol. The van der Waals surface area contributed by atoms with Crippen LogP contribution in [-0.2, 0) is 27.5 Å².